The van der Waals surface area contributed by atoms with Gasteiger partial charge in [-0.1, -0.05) is 12.1 Å². The largest absolute Gasteiger partial charge is 0.484 e. The van der Waals surface area contributed by atoms with Crippen molar-refractivity contribution in [3.05, 3.63) is 58.9 Å². The Labute approximate surface area is 187 Å². The summed E-state index contributed by atoms with van der Waals surface area (Å²) in [6, 6.07) is 9.22. The number of amides is 1. The number of hydrogen-bond acceptors (Lipinski definition) is 5. The van der Waals surface area contributed by atoms with Gasteiger partial charge >= 0.3 is 0 Å². The van der Waals surface area contributed by atoms with E-state index in [1.54, 1.807) is 49.9 Å². The van der Waals surface area contributed by atoms with Gasteiger partial charge in [-0.15, -0.1) is 0 Å². The molecule has 32 heavy (non-hydrogen) atoms. The molecule has 0 aromatic heterocycles. The molecule has 8 heteroatoms. The van der Waals surface area contributed by atoms with Crippen LogP contribution in [0.3, 0.4) is 0 Å². The Hall–Kier alpha value is -2.45. The van der Waals surface area contributed by atoms with Crippen molar-refractivity contribution in [2.24, 2.45) is 0 Å². The first-order chi connectivity index (χ1) is 15.0. The maximum absolute atomic E-state index is 14.3. The van der Waals surface area contributed by atoms with Crippen molar-refractivity contribution in [3.63, 3.8) is 0 Å². The van der Waals surface area contributed by atoms with Gasteiger partial charge in [0.1, 0.15) is 5.60 Å². The van der Waals surface area contributed by atoms with Crippen LogP contribution in [0.1, 0.15) is 60.7 Å². The number of piperidine rings is 1. The second-order valence-corrected chi connectivity index (χ2v) is 11.5. The molecule has 2 aromatic carbocycles. The second kappa shape index (κ2) is 8.15. The molecule has 2 aliphatic rings. The Balaban J connectivity index is 1.49. The Bertz CT molecular complexity index is 1150. The molecule has 2 aromatic rings. The van der Waals surface area contributed by atoms with E-state index < -0.39 is 32.6 Å². The highest BCUT2D eigenvalue weighted by atomic mass is 32.2. The van der Waals surface area contributed by atoms with Gasteiger partial charge in [0.15, 0.2) is 21.4 Å². The first-order valence-electron chi connectivity index (χ1n) is 10.8. The molecule has 172 valence electrons. The number of aliphatic hydroxyl groups excluding tert-OH is 1. The van der Waals surface area contributed by atoms with Crippen LogP contribution in [-0.4, -0.2) is 48.3 Å². The van der Waals surface area contributed by atoms with Gasteiger partial charge in [0.05, 0.1) is 16.2 Å². The average Bonchev–Trinajstić information content (AvgIpc) is 2.74. The molecule has 1 saturated heterocycles. The smallest absolute Gasteiger partial charge is 0.253 e. The molecule has 0 radical (unpaired) electrons. The minimum absolute atomic E-state index is 0.101. The second-order valence-electron chi connectivity index (χ2n) is 9.03. The van der Waals surface area contributed by atoms with Crippen molar-refractivity contribution in [3.8, 4) is 5.75 Å². The maximum atomic E-state index is 14.3. The monoisotopic (exact) mass is 461 g/mol. The topological polar surface area (TPSA) is 83.9 Å². The molecule has 1 spiro atoms. The number of aliphatic hydroxyl groups is 1. The van der Waals surface area contributed by atoms with Crippen molar-refractivity contribution >= 4 is 15.7 Å². The summed E-state index contributed by atoms with van der Waals surface area (Å²) in [6.45, 7) is 5.76. The zero-order valence-electron chi connectivity index (χ0n) is 18.5. The summed E-state index contributed by atoms with van der Waals surface area (Å²) < 4.78 is 45.3. The van der Waals surface area contributed by atoms with Gasteiger partial charge in [-0.05, 0) is 50.6 Å². The minimum Gasteiger partial charge on any atom is -0.484 e. The molecular weight excluding hydrogens is 433 g/mol. The quantitative estimate of drug-likeness (QED) is 0.752. The van der Waals surface area contributed by atoms with E-state index in [4.69, 9.17) is 4.74 Å². The first kappa shape index (κ1) is 22.7. The lowest BCUT2D eigenvalue weighted by molar-refractivity contribution is -0.0521. The molecule has 0 saturated carbocycles. The van der Waals surface area contributed by atoms with E-state index in [2.05, 4.69) is 0 Å². The van der Waals surface area contributed by atoms with Crippen molar-refractivity contribution in [1.29, 1.82) is 0 Å². The third-order valence-corrected chi connectivity index (χ3v) is 8.86. The number of halogens is 1. The summed E-state index contributed by atoms with van der Waals surface area (Å²) in [6.07, 6.45) is 0.492. The molecule has 1 unspecified atom stereocenters. The number of carbonyl (C=O) groups excluding carboxylic acids is 1. The summed E-state index contributed by atoms with van der Waals surface area (Å²) in [5.41, 5.74) is 0.725. The van der Waals surface area contributed by atoms with Crippen LogP contribution in [-0.2, 0) is 9.84 Å². The van der Waals surface area contributed by atoms with Crippen molar-refractivity contribution < 1.29 is 27.4 Å². The number of para-hydroxylation sites is 1. The summed E-state index contributed by atoms with van der Waals surface area (Å²) >= 11 is 0. The van der Waals surface area contributed by atoms with Crippen molar-refractivity contribution in [2.45, 2.75) is 61.9 Å². The highest BCUT2D eigenvalue weighted by Gasteiger charge is 2.44. The number of carbonyl (C=O) groups is 1. The third kappa shape index (κ3) is 3.90. The Morgan fingerprint density at radius 3 is 2.53 bits per heavy atom. The molecule has 2 aliphatic heterocycles. The number of rotatable bonds is 3. The summed E-state index contributed by atoms with van der Waals surface area (Å²) in [7, 11) is -3.42. The molecule has 1 atom stereocenters. The number of likely N-dealkylation sites (tertiary alicyclic amines) is 1. The normalized spacial score (nSPS) is 20.2. The van der Waals surface area contributed by atoms with Crippen LogP contribution in [0.2, 0.25) is 0 Å². The van der Waals surface area contributed by atoms with Gasteiger partial charge in [0.25, 0.3) is 5.91 Å². The van der Waals surface area contributed by atoms with E-state index in [9.17, 15) is 22.7 Å². The summed E-state index contributed by atoms with van der Waals surface area (Å²) in [5.74, 6) is -0.575. The molecule has 2 heterocycles. The molecule has 4 rings (SSSR count). The molecule has 1 N–H and O–H groups in total. The van der Waals surface area contributed by atoms with Crippen LogP contribution >= 0.6 is 0 Å². The number of ether oxygens (including phenoxy) is 1. The van der Waals surface area contributed by atoms with Crippen LogP contribution in [0.15, 0.2) is 41.3 Å². The van der Waals surface area contributed by atoms with E-state index in [-0.39, 0.29) is 16.6 Å². The number of aryl methyl sites for hydroxylation is 1. The number of benzene rings is 2. The zero-order valence-corrected chi connectivity index (χ0v) is 19.3. The zero-order chi connectivity index (χ0) is 23.3. The summed E-state index contributed by atoms with van der Waals surface area (Å²) in [5, 5.41) is 10.0. The molecule has 1 amide bonds. The van der Waals surface area contributed by atoms with E-state index in [1.807, 2.05) is 0 Å². The Kier molecular flexibility index (Phi) is 5.79. The first-order valence-corrected chi connectivity index (χ1v) is 12.4. The number of fused-ring (bicyclic) bond motifs is 1. The molecular formula is C24H28FNO5S. The van der Waals surface area contributed by atoms with Gasteiger partial charge < -0.3 is 14.7 Å². The van der Waals surface area contributed by atoms with E-state index in [0.717, 1.165) is 0 Å². The maximum Gasteiger partial charge on any atom is 0.253 e. The van der Waals surface area contributed by atoms with Crippen LogP contribution in [0.4, 0.5) is 4.39 Å². The van der Waals surface area contributed by atoms with Crippen LogP contribution < -0.4 is 4.74 Å². The molecule has 0 bridgehead atoms. The van der Waals surface area contributed by atoms with E-state index in [1.165, 1.54) is 12.1 Å². The van der Waals surface area contributed by atoms with Gasteiger partial charge in [-0.2, -0.15) is 0 Å². The van der Waals surface area contributed by atoms with Gasteiger partial charge in [0.2, 0.25) is 0 Å². The van der Waals surface area contributed by atoms with Gasteiger partial charge in [-0.25, -0.2) is 12.8 Å². The predicted octanol–water partition coefficient (Wildman–Crippen LogP) is 3.81. The highest BCUT2D eigenvalue weighted by molar-refractivity contribution is 7.92. The van der Waals surface area contributed by atoms with Gasteiger partial charge in [-0.3, -0.25) is 4.79 Å². The molecule has 1 fully saturated rings. The van der Waals surface area contributed by atoms with Crippen LogP contribution in [0.5, 0.6) is 5.75 Å². The average molecular weight is 462 g/mol. The van der Waals surface area contributed by atoms with E-state index in [0.29, 0.717) is 49.0 Å². The molecule has 0 aliphatic carbocycles. The third-order valence-electron chi connectivity index (χ3n) is 6.55. The van der Waals surface area contributed by atoms with Crippen LogP contribution in [0, 0.1) is 12.7 Å². The predicted molar refractivity (Wildman–Crippen MR) is 118 cm³/mol. The molecule has 6 nitrogen and oxygen atoms in total. The highest BCUT2D eigenvalue weighted by Crippen LogP contribution is 2.45. The lowest BCUT2D eigenvalue weighted by Gasteiger charge is -2.45. The Morgan fingerprint density at radius 1 is 1.22 bits per heavy atom. The van der Waals surface area contributed by atoms with Crippen LogP contribution in [0.25, 0.3) is 0 Å². The fourth-order valence-electron chi connectivity index (χ4n) is 4.58. The number of hydrogen-bond donors (Lipinski definition) is 1. The van der Waals surface area contributed by atoms with E-state index >= 15 is 0 Å². The fraction of sp³-hybridized carbons (Fsp3) is 0.458. The summed E-state index contributed by atoms with van der Waals surface area (Å²) in [4.78, 5) is 15.0. The SMILES string of the molecule is Cc1cc(C(=O)N2CCC3(CC2)CC(O)c2cccc(F)c2O3)ccc1S(=O)(=O)C(C)C. The fourth-order valence-corrected chi connectivity index (χ4v) is 5.85. The standard InChI is InChI=1S/C24H28FNO5S/c1-15(2)32(29,30)21-8-7-17(13-16(21)3)23(28)26-11-9-24(10-12-26)14-20(27)18-5-4-6-19(25)22(18)31-24/h4-8,13,15,20,27H,9-12,14H2,1-3H3. The Morgan fingerprint density at radius 2 is 1.91 bits per heavy atom. The number of sulfone groups is 1. The minimum atomic E-state index is -3.42. The number of nitrogens with zero attached hydrogens (tertiary/aromatic N) is 1. The van der Waals surface area contributed by atoms with Gasteiger partial charge in [0, 0.05) is 43.5 Å². The van der Waals surface area contributed by atoms with Crippen molar-refractivity contribution in [2.75, 3.05) is 13.1 Å². The lowest BCUT2D eigenvalue weighted by atomic mass is 9.81. The van der Waals surface area contributed by atoms with Crippen molar-refractivity contribution in [1.82, 2.24) is 4.90 Å². The lowest BCUT2D eigenvalue weighted by Crippen LogP contribution is -2.52.